The summed E-state index contributed by atoms with van der Waals surface area (Å²) in [6, 6.07) is -0.580. The van der Waals surface area contributed by atoms with Gasteiger partial charge in [0.05, 0.1) is 13.2 Å². The molecule has 0 radical (unpaired) electrons. The van der Waals surface area contributed by atoms with E-state index in [2.05, 4.69) is 5.32 Å². The summed E-state index contributed by atoms with van der Waals surface area (Å²) < 4.78 is 4.88. The molecule has 20 heavy (non-hydrogen) atoms. The number of nitrogens with one attached hydrogen (secondary N) is 1. The van der Waals surface area contributed by atoms with E-state index in [4.69, 9.17) is 9.84 Å². The number of methoxy groups -OCH3 is 1. The SMILES string of the molecule is COCCN(CCO)C(=O)CN1C(=O)NC(C)(C)C1=O. The van der Waals surface area contributed by atoms with Crippen molar-refractivity contribution in [3.63, 3.8) is 0 Å². The van der Waals surface area contributed by atoms with Crippen molar-refractivity contribution in [2.45, 2.75) is 19.4 Å². The van der Waals surface area contributed by atoms with Crippen molar-refractivity contribution in [2.24, 2.45) is 0 Å². The largest absolute Gasteiger partial charge is 0.395 e. The van der Waals surface area contributed by atoms with Crippen LogP contribution in [0.15, 0.2) is 0 Å². The number of aliphatic hydroxyl groups is 1. The molecule has 8 heteroatoms. The molecule has 0 aromatic heterocycles. The number of hydrogen-bond donors (Lipinski definition) is 2. The standard InChI is InChI=1S/C12H21N3O5/c1-12(2)10(18)15(11(19)13-12)8-9(17)14(4-6-16)5-7-20-3/h16H,4-8H2,1-3H3,(H,13,19). The minimum absolute atomic E-state index is 0.134. The second-order valence-electron chi connectivity index (χ2n) is 5.04. The van der Waals surface area contributed by atoms with Crippen molar-refractivity contribution in [1.29, 1.82) is 0 Å². The van der Waals surface area contributed by atoms with E-state index in [1.54, 1.807) is 13.8 Å². The lowest BCUT2D eigenvalue weighted by Gasteiger charge is -2.23. The summed E-state index contributed by atoms with van der Waals surface area (Å²) >= 11 is 0. The van der Waals surface area contributed by atoms with Gasteiger partial charge in [0.25, 0.3) is 5.91 Å². The molecule has 0 aromatic rings. The molecule has 4 amide bonds. The van der Waals surface area contributed by atoms with E-state index in [1.165, 1.54) is 12.0 Å². The zero-order chi connectivity index (χ0) is 15.3. The average molecular weight is 287 g/mol. The number of nitrogens with zero attached hydrogens (tertiary/aromatic N) is 2. The van der Waals surface area contributed by atoms with E-state index >= 15 is 0 Å². The molecular weight excluding hydrogens is 266 g/mol. The Balaban J connectivity index is 2.68. The maximum Gasteiger partial charge on any atom is 0.325 e. The Bertz CT molecular complexity index is 397. The lowest BCUT2D eigenvalue weighted by atomic mass is 10.1. The highest BCUT2D eigenvalue weighted by molar-refractivity contribution is 6.08. The molecule has 1 aliphatic rings. The van der Waals surface area contributed by atoms with Crippen LogP contribution in [0.3, 0.4) is 0 Å². The summed E-state index contributed by atoms with van der Waals surface area (Å²) in [6.07, 6.45) is 0. The average Bonchev–Trinajstić information content (AvgIpc) is 2.56. The minimum Gasteiger partial charge on any atom is -0.395 e. The van der Waals surface area contributed by atoms with E-state index in [9.17, 15) is 14.4 Å². The van der Waals surface area contributed by atoms with Gasteiger partial charge in [-0.1, -0.05) is 0 Å². The van der Waals surface area contributed by atoms with Crippen LogP contribution in [-0.4, -0.2) is 78.2 Å². The molecule has 1 saturated heterocycles. The van der Waals surface area contributed by atoms with Crippen LogP contribution in [0.25, 0.3) is 0 Å². The fourth-order valence-corrected chi connectivity index (χ4v) is 1.88. The summed E-state index contributed by atoms with van der Waals surface area (Å²) in [5, 5.41) is 11.4. The number of aliphatic hydroxyl groups excluding tert-OH is 1. The van der Waals surface area contributed by atoms with Gasteiger partial charge in [-0.25, -0.2) is 4.79 Å². The molecule has 2 N–H and O–H groups in total. The van der Waals surface area contributed by atoms with E-state index < -0.39 is 23.4 Å². The van der Waals surface area contributed by atoms with Crippen LogP contribution in [-0.2, 0) is 14.3 Å². The maximum atomic E-state index is 12.1. The Kier molecular flexibility index (Phi) is 5.46. The molecule has 1 aliphatic heterocycles. The minimum atomic E-state index is -0.994. The lowest BCUT2D eigenvalue weighted by Crippen LogP contribution is -2.46. The van der Waals surface area contributed by atoms with Crippen molar-refractivity contribution in [3.05, 3.63) is 0 Å². The first kappa shape index (κ1) is 16.4. The summed E-state index contributed by atoms with van der Waals surface area (Å²) in [5.41, 5.74) is -0.994. The predicted molar refractivity (Wildman–Crippen MR) is 69.9 cm³/mol. The topological polar surface area (TPSA) is 99.2 Å². The van der Waals surface area contributed by atoms with Gasteiger partial charge >= 0.3 is 6.03 Å². The van der Waals surface area contributed by atoms with Gasteiger partial charge in [-0.2, -0.15) is 0 Å². The second-order valence-corrected chi connectivity index (χ2v) is 5.04. The molecule has 0 unspecified atom stereocenters. The molecule has 1 heterocycles. The van der Waals surface area contributed by atoms with Crippen molar-refractivity contribution < 1.29 is 24.2 Å². The number of carbonyl (C=O) groups is 3. The van der Waals surface area contributed by atoms with Gasteiger partial charge in [0.2, 0.25) is 5.91 Å². The first-order valence-electron chi connectivity index (χ1n) is 6.35. The van der Waals surface area contributed by atoms with Crippen LogP contribution < -0.4 is 5.32 Å². The number of hydrogen-bond acceptors (Lipinski definition) is 5. The molecule has 0 aromatic carbocycles. The third kappa shape index (κ3) is 3.67. The molecular formula is C12H21N3O5. The summed E-state index contributed by atoms with van der Waals surface area (Å²) in [6.45, 7) is 3.37. The quantitative estimate of drug-likeness (QED) is 0.572. The van der Waals surface area contributed by atoms with Crippen molar-refractivity contribution >= 4 is 17.8 Å². The molecule has 0 atom stereocenters. The highest BCUT2D eigenvalue weighted by atomic mass is 16.5. The van der Waals surface area contributed by atoms with Gasteiger partial charge in [0.15, 0.2) is 0 Å². The molecule has 114 valence electrons. The zero-order valence-electron chi connectivity index (χ0n) is 12.0. The normalized spacial score (nSPS) is 17.3. The number of carbonyl (C=O) groups excluding carboxylic acids is 3. The lowest BCUT2D eigenvalue weighted by molar-refractivity contribution is -0.139. The van der Waals surface area contributed by atoms with E-state index in [-0.39, 0.29) is 19.7 Å². The van der Waals surface area contributed by atoms with Crippen molar-refractivity contribution in [2.75, 3.05) is 40.0 Å². The Hall–Kier alpha value is -1.67. The van der Waals surface area contributed by atoms with Crippen LogP contribution in [0, 0.1) is 0 Å². The molecule has 1 rings (SSSR count). The third-order valence-corrected chi connectivity index (χ3v) is 3.03. The van der Waals surface area contributed by atoms with Crippen LogP contribution in [0.1, 0.15) is 13.8 Å². The molecule has 0 saturated carbocycles. The number of imide groups is 1. The van der Waals surface area contributed by atoms with Crippen LogP contribution >= 0.6 is 0 Å². The third-order valence-electron chi connectivity index (χ3n) is 3.03. The van der Waals surface area contributed by atoms with Gasteiger partial charge < -0.3 is 20.1 Å². The van der Waals surface area contributed by atoms with Gasteiger partial charge in [0.1, 0.15) is 12.1 Å². The monoisotopic (exact) mass is 287 g/mol. The van der Waals surface area contributed by atoms with Crippen LogP contribution in [0.4, 0.5) is 4.79 Å². The van der Waals surface area contributed by atoms with Gasteiger partial charge in [0, 0.05) is 20.2 Å². The first-order chi connectivity index (χ1) is 9.33. The first-order valence-corrected chi connectivity index (χ1v) is 6.35. The Labute approximate surface area is 117 Å². The van der Waals surface area contributed by atoms with Crippen molar-refractivity contribution in [3.8, 4) is 0 Å². The van der Waals surface area contributed by atoms with E-state index in [0.29, 0.717) is 13.2 Å². The van der Waals surface area contributed by atoms with E-state index in [0.717, 1.165) is 4.90 Å². The number of rotatable bonds is 7. The van der Waals surface area contributed by atoms with E-state index in [1.807, 2.05) is 0 Å². The predicted octanol–water partition coefficient (Wildman–Crippen LogP) is -1.22. The summed E-state index contributed by atoms with van der Waals surface area (Å²) in [5.74, 6) is -0.844. The van der Waals surface area contributed by atoms with Crippen LogP contribution in [0.5, 0.6) is 0 Å². The highest BCUT2D eigenvalue weighted by Crippen LogP contribution is 2.16. The van der Waals surface area contributed by atoms with Gasteiger partial charge in [-0.15, -0.1) is 0 Å². The number of urea groups is 1. The van der Waals surface area contributed by atoms with Crippen LogP contribution in [0.2, 0.25) is 0 Å². The maximum absolute atomic E-state index is 12.1. The zero-order valence-corrected chi connectivity index (χ0v) is 12.0. The fourth-order valence-electron chi connectivity index (χ4n) is 1.88. The molecule has 8 nitrogen and oxygen atoms in total. The molecule has 1 fully saturated rings. The van der Waals surface area contributed by atoms with Crippen molar-refractivity contribution in [1.82, 2.24) is 15.1 Å². The fraction of sp³-hybridized carbons (Fsp3) is 0.750. The Morgan fingerprint density at radius 3 is 2.50 bits per heavy atom. The molecule has 0 spiro atoms. The smallest absolute Gasteiger partial charge is 0.325 e. The second kappa shape index (κ2) is 6.67. The van der Waals surface area contributed by atoms with Gasteiger partial charge in [-0.3, -0.25) is 14.5 Å². The number of amides is 4. The summed E-state index contributed by atoms with van der Waals surface area (Å²) in [7, 11) is 1.50. The Morgan fingerprint density at radius 2 is 2.05 bits per heavy atom. The molecule has 0 bridgehead atoms. The Morgan fingerprint density at radius 1 is 1.40 bits per heavy atom. The highest BCUT2D eigenvalue weighted by Gasteiger charge is 2.45. The van der Waals surface area contributed by atoms with Gasteiger partial charge in [-0.05, 0) is 13.8 Å². The molecule has 0 aliphatic carbocycles. The number of ether oxygens (including phenoxy) is 1. The summed E-state index contributed by atoms with van der Waals surface area (Å²) in [4.78, 5) is 38.0.